The minimum atomic E-state index is -0.389. The van der Waals surface area contributed by atoms with Crippen molar-refractivity contribution >= 4 is 17.9 Å². The lowest BCUT2D eigenvalue weighted by molar-refractivity contribution is -0.139. The lowest BCUT2D eigenvalue weighted by atomic mass is 10.1. The van der Waals surface area contributed by atoms with Gasteiger partial charge in [0.25, 0.3) is 11.8 Å². The van der Waals surface area contributed by atoms with Gasteiger partial charge in [-0.15, -0.1) is 0 Å². The fourth-order valence-electron chi connectivity index (χ4n) is 2.07. The Labute approximate surface area is 128 Å². The van der Waals surface area contributed by atoms with Crippen molar-refractivity contribution in [2.75, 3.05) is 20.8 Å². The predicted molar refractivity (Wildman–Crippen MR) is 80.7 cm³/mol. The molecule has 1 heterocycles. The van der Waals surface area contributed by atoms with Crippen molar-refractivity contribution in [2.45, 2.75) is 6.42 Å². The smallest absolute Gasteiger partial charge is 0.253 e. The number of methoxy groups -OCH3 is 2. The zero-order valence-electron chi connectivity index (χ0n) is 12.4. The molecule has 6 nitrogen and oxygen atoms in total. The largest absolute Gasteiger partial charge is 0.502 e. The predicted octanol–water partition coefficient (Wildman–Crippen LogP) is 1.74. The summed E-state index contributed by atoms with van der Waals surface area (Å²) < 4.78 is 10.1. The molecule has 1 aliphatic rings. The van der Waals surface area contributed by atoms with E-state index in [9.17, 15) is 14.7 Å². The van der Waals surface area contributed by atoms with Gasteiger partial charge < -0.3 is 14.6 Å². The maximum absolute atomic E-state index is 12.0. The van der Waals surface area contributed by atoms with E-state index in [0.29, 0.717) is 18.5 Å². The van der Waals surface area contributed by atoms with E-state index in [4.69, 9.17) is 9.47 Å². The van der Waals surface area contributed by atoms with Crippen LogP contribution >= 0.6 is 0 Å². The van der Waals surface area contributed by atoms with Gasteiger partial charge in [0.2, 0.25) is 5.75 Å². The highest BCUT2D eigenvalue weighted by Gasteiger charge is 2.19. The van der Waals surface area contributed by atoms with Crippen LogP contribution in [0.5, 0.6) is 17.2 Å². The average molecular weight is 303 g/mol. The molecule has 0 radical (unpaired) electrons. The third-order valence-corrected chi connectivity index (χ3v) is 3.23. The van der Waals surface area contributed by atoms with E-state index in [1.165, 1.54) is 31.3 Å². The lowest BCUT2D eigenvalue weighted by Gasteiger charge is -2.19. The number of hydrogen-bond acceptors (Lipinski definition) is 5. The molecular weight excluding hydrogens is 286 g/mol. The van der Waals surface area contributed by atoms with Gasteiger partial charge >= 0.3 is 0 Å². The number of nitrogens with zero attached hydrogens (tertiary/aromatic N) is 1. The standard InChI is InChI=1S/C16H17NO5/c1-21-12-9-11(10-13(22-2)16(12)20)6-7-15(19)17-8-4-3-5-14(17)18/h3,5-7,9-10,20H,4,8H2,1-2H3/b7-6+. The van der Waals surface area contributed by atoms with Gasteiger partial charge in [-0.25, -0.2) is 0 Å². The first-order chi connectivity index (χ1) is 10.6. The fourth-order valence-corrected chi connectivity index (χ4v) is 2.07. The van der Waals surface area contributed by atoms with Crippen LogP contribution < -0.4 is 9.47 Å². The van der Waals surface area contributed by atoms with Crippen LogP contribution in [0.2, 0.25) is 0 Å². The zero-order valence-corrected chi connectivity index (χ0v) is 12.4. The first kappa shape index (κ1) is 15.6. The molecule has 0 unspecified atom stereocenters. The van der Waals surface area contributed by atoms with Crippen LogP contribution in [0.3, 0.4) is 0 Å². The van der Waals surface area contributed by atoms with Gasteiger partial charge in [0.1, 0.15) is 0 Å². The van der Waals surface area contributed by atoms with E-state index in [-0.39, 0.29) is 29.1 Å². The third kappa shape index (κ3) is 3.28. The van der Waals surface area contributed by atoms with Crippen molar-refractivity contribution in [3.05, 3.63) is 35.9 Å². The number of phenols is 1. The van der Waals surface area contributed by atoms with E-state index >= 15 is 0 Å². The molecule has 0 saturated carbocycles. The molecule has 2 rings (SSSR count). The summed E-state index contributed by atoms with van der Waals surface area (Å²) in [7, 11) is 2.84. The van der Waals surface area contributed by atoms with Crippen molar-refractivity contribution in [3.63, 3.8) is 0 Å². The molecule has 0 spiro atoms. The van der Waals surface area contributed by atoms with Gasteiger partial charge in [0, 0.05) is 12.6 Å². The summed E-state index contributed by atoms with van der Waals surface area (Å²) >= 11 is 0. The van der Waals surface area contributed by atoms with E-state index in [2.05, 4.69) is 0 Å². The summed E-state index contributed by atoms with van der Waals surface area (Å²) in [5, 5.41) is 9.83. The first-order valence-electron chi connectivity index (χ1n) is 6.72. The summed E-state index contributed by atoms with van der Waals surface area (Å²) in [6, 6.07) is 3.14. The van der Waals surface area contributed by atoms with Crippen LogP contribution in [0.1, 0.15) is 12.0 Å². The molecule has 6 heteroatoms. The zero-order chi connectivity index (χ0) is 16.1. The number of carbonyl (C=O) groups is 2. The summed E-state index contributed by atoms with van der Waals surface area (Å²) in [5.41, 5.74) is 0.611. The van der Waals surface area contributed by atoms with Crippen LogP contribution in [0, 0.1) is 0 Å². The SMILES string of the molecule is COc1cc(/C=C/C(=O)N2CCC=CC2=O)cc(OC)c1O. The number of aromatic hydroxyl groups is 1. The molecule has 0 fully saturated rings. The molecule has 1 aromatic carbocycles. The van der Waals surface area contributed by atoms with Crippen molar-refractivity contribution < 1.29 is 24.2 Å². The Hall–Kier alpha value is -2.76. The molecule has 1 aliphatic heterocycles. The Morgan fingerprint density at radius 2 is 1.91 bits per heavy atom. The fraction of sp³-hybridized carbons (Fsp3) is 0.250. The summed E-state index contributed by atoms with van der Waals surface area (Å²) in [6.07, 6.45) is 6.64. The average Bonchev–Trinajstić information content (AvgIpc) is 2.54. The number of phenolic OH excluding ortho intramolecular Hbond substituents is 1. The molecule has 0 atom stereocenters. The Morgan fingerprint density at radius 3 is 2.45 bits per heavy atom. The molecule has 0 aliphatic carbocycles. The Bertz CT molecular complexity index is 623. The number of hydrogen-bond donors (Lipinski definition) is 1. The number of amides is 2. The maximum Gasteiger partial charge on any atom is 0.253 e. The third-order valence-electron chi connectivity index (χ3n) is 3.23. The first-order valence-corrected chi connectivity index (χ1v) is 6.72. The Kier molecular flexibility index (Phi) is 4.83. The number of carbonyl (C=O) groups excluding carboxylic acids is 2. The molecule has 0 saturated heterocycles. The second-order valence-corrected chi connectivity index (χ2v) is 4.63. The number of ether oxygens (including phenoxy) is 2. The summed E-state index contributed by atoms with van der Waals surface area (Å²) in [6.45, 7) is 0.376. The molecule has 1 aromatic rings. The normalized spacial score (nSPS) is 14.5. The van der Waals surface area contributed by atoms with Gasteiger partial charge in [-0.1, -0.05) is 6.08 Å². The summed E-state index contributed by atoms with van der Waals surface area (Å²) in [4.78, 5) is 24.8. The maximum atomic E-state index is 12.0. The lowest BCUT2D eigenvalue weighted by Crippen LogP contribution is -2.37. The molecule has 116 valence electrons. The molecule has 2 amide bonds. The van der Waals surface area contributed by atoms with E-state index in [1.807, 2.05) is 0 Å². The van der Waals surface area contributed by atoms with E-state index < -0.39 is 0 Å². The van der Waals surface area contributed by atoms with Crippen LogP contribution in [0.4, 0.5) is 0 Å². The highest BCUT2D eigenvalue weighted by atomic mass is 16.5. The van der Waals surface area contributed by atoms with Gasteiger partial charge in [0.05, 0.1) is 14.2 Å². The van der Waals surface area contributed by atoms with E-state index in [1.54, 1.807) is 24.3 Å². The van der Waals surface area contributed by atoms with Crippen LogP contribution in [-0.4, -0.2) is 42.6 Å². The number of benzene rings is 1. The van der Waals surface area contributed by atoms with Crippen molar-refractivity contribution in [2.24, 2.45) is 0 Å². The van der Waals surface area contributed by atoms with Crippen LogP contribution in [0.15, 0.2) is 30.4 Å². The number of rotatable bonds is 4. The van der Waals surface area contributed by atoms with Crippen molar-refractivity contribution in [1.82, 2.24) is 4.90 Å². The topological polar surface area (TPSA) is 76.1 Å². The van der Waals surface area contributed by atoms with Gasteiger partial charge in [-0.2, -0.15) is 0 Å². The van der Waals surface area contributed by atoms with Crippen molar-refractivity contribution in [3.8, 4) is 17.2 Å². The van der Waals surface area contributed by atoms with Gasteiger partial charge in [0.15, 0.2) is 11.5 Å². The summed E-state index contributed by atoms with van der Waals surface area (Å²) in [5.74, 6) is -0.334. The highest BCUT2D eigenvalue weighted by molar-refractivity contribution is 6.06. The molecular formula is C16H17NO5. The minimum absolute atomic E-state index is 0.107. The minimum Gasteiger partial charge on any atom is -0.502 e. The van der Waals surface area contributed by atoms with E-state index in [0.717, 1.165) is 0 Å². The number of imide groups is 1. The molecule has 0 bridgehead atoms. The Morgan fingerprint density at radius 1 is 1.27 bits per heavy atom. The van der Waals surface area contributed by atoms with Crippen molar-refractivity contribution in [1.29, 1.82) is 0 Å². The Balaban J connectivity index is 2.21. The molecule has 1 N–H and O–H groups in total. The quantitative estimate of drug-likeness (QED) is 0.857. The molecule has 0 aromatic heterocycles. The van der Waals surface area contributed by atoms with Gasteiger partial charge in [-0.05, 0) is 36.3 Å². The molecule has 22 heavy (non-hydrogen) atoms. The highest BCUT2D eigenvalue weighted by Crippen LogP contribution is 2.37. The second kappa shape index (κ2) is 6.80. The van der Waals surface area contributed by atoms with Crippen LogP contribution in [-0.2, 0) is 9.59 Å². The van der Waals surface area contributed by atoms with Gasteiger partial charge in [-0.3, -0.25) is 14.5 Å². The monoisotopic (exact) mass is 303 g/mol. The van der Waals surface area contributed by atoms with Crippen LogP contribution in [0.25, 0.3) is 6.08 Å². The second-order valence-electron chi connectivity index (χ2n) is 4.63.